The summed E-state index contributed by atoms with van der Waals surface area (Å²) >= 11 is 0. The predicted octanol–water partition coefficient (Wildman–Crippen LogP) is -0.362. The topological polar surface area (TPSA) is 152 Å². The van der Waals surface area contributed by atoms with E-state index in [4.69, 9.17) is 18.9 Å². The van der Waals surface area contributed by atoms with Gasteiger partial charge in [0.2, 0.25) is 0 Å². The van der Waals surface area contributed by atoms with Gasteiger partial charge >= 0.3 is 11.9 Å². The van der Waals surface area contributed by atoms with Crippen LogP contribution in [-0.2, 0) is 28.5 Å². The van der Waals surface area contributed by atoms with Gasteiger partial charge in [-0.05, 0) is 12.8 Å². The molecule has 6 atom stereocenters. The third-order valence-electron chi connectivity index (χ3n) is 4.46. The maximum absolute atomic E-state index is 12.0. The predicted molar refractivity (Wildman–Crippen MR) is 99.6 cm³/mol. The minimum Gasteiger partial charge on any atom is -0.462 e. The minimum absolute atomic E-state index is 0.216. The van der Waals surface area contributed by atoms with E-state index in [1.54, 1.807) is 0 Å². The summed E-state index contributed by atoms with van der Waals surface area (Å²) < 4.78 is 21.1. The average molecular weight is 422 g/mol. The maximum atomic E-state index is 12.0. The molecule has 0 saturated carbocycles. The van der Waals surface area contributed by atoms with Crippen LogP contribution in [0.2, 0.25) is 0 Å². The van der Waals surface area contributed by atoms with Crippen molar-refractivity contribution in [1.82, 2.24) is 0 Å². The highest BCUT2D eigenvalue weighted by molar-refractivity contribution is 5.70. The number of hydrogen-bond acceptors (Lipinski definition) is 10. The first-order valence-corrected chi connectivity index (χ1v) is 10.1. The molecule has 1 heterocycles. The summed E-state index contributed by atoms with van der Waals surface area (Å²) in [7, 11) is 0. The quantitative estimate of drug-likeness (QED) is 0.229. The Morgan fingerprint density at radius 3 is 2.28 bits per heavy atom. The molecule has 0 aromatic heterocycles. The summed E-state index contributed by atoms with van der Waals surface area (Å²) in [6, 6.07) is 0. The molecule has 6 unspecified atom stereocenters. The number of unbranched alkanes of at least 4 members (excludes halogenated alkanes) is 2. The molecule has 0 radical (unpaired) electrons. The zero-order chi connectivity index (χ0) is 21.8. The standard InChI is InChI=1S/C19H34O10/c1-3-5-6-8-15(22)28-12(10-26-14(21)7-4-2)11-27-19-18(25)17(24)16(23)13(9-20)29-19/h12-13,16-20,23-25H,3-11H2,1-2H3. The number of rotatable bonds is 13. The Bertz CT molecular complexity index is 484. The molecule has 1 fully saturated rings. The molecule has 1 rings (SSSR count). The second-order valence-corrected chi connectivity index (χ2v) is 7.03. The van der Waals surface area contributed by atoms with E-state index >= 15 is 0 Å². The molecule has 29 heavy (non-hydrogen) atoms. The Balaban J connectivity index is 2.64. The van der Waals surface area contributed by atoms with Gasteiger partial charge in [-0.15, -0.1) is 0 Å². The summed E-state index contributed by atoms with van der Waals surface area (Å²) in [6.45, 7) is 2.75. The number of ether oxygens (including phenoxy) is 4. The lowest BCUT2D eigenvalue weighted by Gasteiger charge is -2.39. The van der Waals surface area contributed by atoms with E-state index in [-0.39, 0.29) is 26.1 Å². The Morgan fingerprint density at radius 2 is 1.66 bits per heavy atom. The summed E-state index contributed by atoms with van der Waals surface area (Å²) in [5.74, 6) is -0.903. The summed E-state index contributed by atoms with van der Waals surface area (Å²) in [5.41, 5.74) is 0. The van der Waals surface area contributed by atoms with Gasteiger partial charge in [0, 0.05) is 12.8 Å². The van der Waals surface area contributed by atoms with E-state index in [0.717, 1.165) is 12.8 Å². The summed E-state index contributed by atoms with van der Waals surface area (Å²) in [4.78, 5) is 23.6. The second-order valence-electron chi connectivity index (χ2n) is 7.03. The fraction of sp³-hybridized carbons (Fsp3) is 0.895. The van der Waals surface area contributed by atoms with E-state index in [9.17, 15) is 30.0 Å². The maximum Gasteiger partial charge on any atom is 0.306 e. The second kappa shape index (κ2) is 13.8. The van der Waals surface area contributed by atoms with Gasteiger partial charge in [0.15, 0.2) is 12.4 Å². The van der Waals surface area contributed by atoms with Crippen molar-refractivity contribution >= 4 is 11.9 Å². The smallest absolute Gasteiger partial charge is 0.306 e. The number of carbonyl (C=O) groups excluding carboxylic acids is 2. The van der Waals surface area contributed by atoms with Crippen molar-refractivity contribution in [3.63, 3.8) is 0 Å². The van der Waals surface area contributed by atoms with Crippen molar-refractivity contribution in [2.24, 2.45) is 0 Å². The van der Waals surface area contributed by atoms with E-state index in [1.165, 1.54) is 0 Å². The van der Waals surface area contributed by atoms with Gasteiger partial charge in [-0.2, -0.15) is 0 Å². The number of esters is 2. The lowest BCUT2D eigenvalue weighted by Crippen LogP contribution is -2.59. The Hall–Kier alpha value is -1.30. The molecule has 1 aliphatic rings. The highest BCUT2D eigenvalue weighted by Crippen LogP contribution is 2.22. The molecule has 0 spiro atoms. The summed E-state index contributed by atoms with van der Waals surface area (Å²) in [5, 5.41) is 38.8. The van der Waals surface area contributed by atoms with Crippen molar-refractivity contribution < 1.29 is 49.0 Å². The van der Waals surface area contributed by atoms with Crippen LogP contribution in [0, 0.1) is 0 Å². The van der Waals surface area contributed by atoms with Crippen LogP contribution in [0.1, 0.15) is 52.4 Å². The van der Waals surface area contributed by atoms with Gasteiger partial charge in [-0.25, -0.2) is 0 Å². The molecular weight excluding hydrogens is 388 g/mol. The van der Waals surface area contributed by atoms with Gasteiger partial charge in [0.1, 0.15) is 31.0 Å². The van der Waals surface area contributed by atoms with Gasteiger partial charge in [-0.1, -0.05) is 26.7 Å². The molecule has 0 aliphatic carbocycles. The van der Waals surface area contributed by atoms with Crippen LogP contribution in [0.3, 0.4) is 0 Å². The highest BCUT2D eigenvalue weighted by atomic mass is 16.7. The molecule has 0 amide bonds. The Labute approximate surface area is 170 Å². The van der Waals surface area contributed by atoms with Crippen LogP contribution in [0.25, 0.3) is 0 Å². The van der Waals surface area contributed by atoms with Gasteiger partial charge in [0.25, 0.3) is 0 Å². The number of carbonyl (C=O) groups is 2. The first-order chi connectivity index (χ1) is 13.8. The lowest BCUT2D eigenvalue weighted by atomic mass is 9.99. The number of hydrogen-bond donors (Lipinski definition) is 4. The van der Waals surface area contributed by atoms with Crippen LogP contribution < -0.4 is 0 Å². The average Bonchev–Trinajstić information content (AvgIpc) is 2.70. The van der Waals surface area contributed by atoms with Crippen molar-refractivity contribution in [3.8, 4) is 0 Å². The van der Waals surface area contributed by atoms with Crippen LogP contribution in [0.4, 0.5) is 0 Å². The molecule has 1 saturated heterocycles. The van der Waals surface area contributed by atoms with Gasteiger partial charge in [0.05, 0.1) is 13.2 Å². The zero-order valence-corrected chi connectivity index (χ0v) is 17.1. The SMILES string of the molecule is CCCCCC(=O)OC(COC(=O)CCC)COC1OC(CO)C(O)C(O)C1O. The van der Waals surface area contributed by atoms with Gasteiger partial charge < -0.3 is 39.4 Å². The van der Waals surface area contributed by atoms with Crippen LogP contribution in [-0.4, -0.2) is 89.0 Å². The Morgan fingerprint density at radius 1 is 0.931 bits per heavy atom. The van der Waals surface area contributed by atoms with Crippen LogP contribution in [0.15, 0.2) is 0 Å². The fourth-order valence-electron chi connectivity index (χ4n) is 2.75. The fourth-order valence-corrected chi connectivity index (χ4v) is 2.75. The zero-order valence-electron chi connectivity index (χ0n) is 17.1. The van der Waals surface area contributed by atoms with E-state index < -0.39 is 55.4 Å². The van der Waals surface area contributed by atoms with Crippen molar-refractivity contribution in [2.75, 3.05) is 19.8 Å². The first kappa shape index (κ1) is 25.7. The largest absolute Gasteiger partial charge is 0.462 e. The van der Waals surface area contributed by atoms with Crippen molar-refractivity contribution in [2.45, 2.75) is 89.2 Å². The Kier molecular flexibility index (Phi) is 12.3. The molecule has 0 aromatic carbocycles. The molecule has 0 bridgehead atoms. The molecule has 10 heteroatoms. The van der Waals surface area contributed by atoms with E-state index in [2.05, 4.69) is 0 Å². The number of aliphatic hydroxyl groups is 4. The third kappa shape index (κ3) is 8.93. The monoisotopic (exact) mass is 422 g/mol. The molecule has 0 aromatic rings. The molecular formula is C19H34O10. The van der Waals surface area contributed by atoms with Crippen LogP contribution in [0.5, 0.6) is 0 Å². The normalized spacial score (nSPS) is 28.0. The minimum atomic E-state index is -1.58. The van der Waals surface area contributed by atoms with Gasteiger partial charge in [-0.3, -0.25) is 9.59 Å². The van der Waals surface area contributed by atoms with Crippen molar-refractivity contribution in [1.29, 1.82) is 0 Å². The van der Waals surface area contributed by atoms with E-state index in [1.807, 2.05) is 13.8 Å². The third-order valence-corrected chi connectivity index (χ3v) is 4.46. The molecule has 4 N–H and O–H groups in total. The summed E-state index contributed by atoms with van der Waals surface area (Å²) in [6.07, 6.45) is -4.51. The van der Waals surface area contributed by atoms with E-state index in [0.29, 0.717) is 12.8 Å². The first-order valence-electron chi connectivity index (χ1n) is 10.1. The van der Waals surface area contributed by atoms with Crippen molar-refractivity contribution in [3.05, 3.63) is 0 Å². The lowest BCUT2D eigenvalue weighted by molar-refractivity contribution is -0.305. The molecule has 170 valence electrons. The highest BCUT2D eigenvalue weighted by Gasteiger charge is 2.44. The van der Waals surface area contributed by atoms with Crippen LogP contribution >= 0.6 is 0 Å². The molecule has 1 aliphatic heterocycles. The number of aliphatic hydroxyl groups excluding tert-OH is 4. The molecule has 10 nitrogen and oxygen atoms in total.